The molecule has 11 heteroatoms. The molecular weight excluding hydrogens is 467 g/mol. The van der Waals surface area contributed by atoms with E-state index in [0.717, 1.165) is 31.6 Å². The second-order valence-corrected chi connectivity index (χ2v) is 8.83. The second kappa shape index (κ2) is 11.4. The fourth-order valence-electron chi connectivity index (χ4n) is 4.30. The van der Waals surface area contributed by atoms with Gasteiger partial charge in [-0.1, -0.05) is 6.92 Å². The molecule has 3 aromatic rings. The number of morpholine rings is 1. The molecule has 0 bridgehead atoms. The van der Waals surface area contributed by atoms with Gasteiger partial charge in [-0.05, 0) is 36.8 Å². The highest BCUT2D eigenvalue weighted by Gasteiger charge is 2.28. The van der Waals surface area contributed by atoms with Gasteiger partial charge in [-0.15, -0.1) is 0 Å². The van der Waals surface area contributed by atoms with E-state index in [2.05, 4.69) is 26.9 Å². The molecule has 0 aliphatic carbocycles. The number of aromatic nitrogens is 4. The molecule has 1 aromatic carbocycles. The Hall–Kier alpha value is -2.96. The molecule has 192 valence electrons. The van der Waals surface area contributed by atoms with Crippen molar-refractivity contribution in [1.29, 1.82) is 0 Å². The number of halogens is 1. The van der Waals surface area contributed by atoms with Crippen molar-refractivity contribution >= 4 is 5.95 Å². The predicted molar refractivity (Wildman–Crippen MR) is 130 cm³/mol. The molecule has 0 saturated carbocycles. The predicted octanol–water partition coefficient (Wildman–Crippen LogP) is 2.79. The summed E-state index contributed by atoms with van der Waals surface area (Å²) in [5.74, 6) is 0.685. The summed E-state index contributed by atoms with van der Waals surface area (Å²) in [6, 6.07) is 7.99. The number of rotatable bonds is 8. The number of hydrazine groups is 1. The van der Waals surface area contributed by atoms with Gasteiger partial charge in [0.05, 0.1) is 50.1 Å². The largest absolute Gasteiger partial charge is 0.396 e. The lowest BCUT2D eigenvalue weighted by atomic mass is 10.1. The highest BCUT2D eigenvalue weighted by Crippen LogP contribution is 2.33. The highest BCUT2D eigenvalue weighted by atomic mass is 19.1. The van der Waals surface area contributed by atoms with Gasteiger partial charge in [-0.3, -0.25) is 5.01 Å². The molecule has 0 spiro atoms. The number of anilines is 1. The maximum atomic E-state index is 13.7. The first-order valence-electron chi connectivity index (χ1n) is 12.3. The molecule has 2 N–H and O–H groups in total. The Labute approximate surface area is 209 Å². The van der Waals surface area contributed by atoms with Crippen LogP contribution >= 0.6 is 0 Å². The van der Waals surface area contributed by atoms with Crippen LogP contribution in [0.3, 0.4) is 0 Å². The summed E-state index contributed by atoms with van der Waals surface area (Å²) in [7, 11) is 0. The zero-order valence-corrected chi connectivity index (χ0v) is 20.3. The van der Waals surface area contributed by atoms with Gasteiger partial charge in [-0.2, -0.15) is 0 Å². The van der Waals surface area contributed by atoms with Crippen LogP contribution in [0, 0.1) is 11.7 Å². The van der Waals surface area contributed by atoms with E-state index in [9.17, 15) is 9.50 Å². The molecule has 36 heavy (non-hydrogen) atoms. The number of imidazole rings is 1. The lowest BCUT2D eigenvalue weighted by Crippen LogP contribution is -2.50. The normalized spacial score (nSPS) is 21.0. The fraction of sp³-hybridized carbons (Fsp3) is 0.480. The third-order valence-electron chi connectivity index (χ3n) is 6.18. The quantitative estimate of drug-likeness (QED) is 0.485. The van der Waals surface area contributed by atoms with Crippen LogP contribution in [0.15, 0.2) is 36.5 Å². The third kappa shape index (κ3) is 5.40. The van der Waals surface area contributed by atoms with Crippen LogP contribution in [0.5, 0.6) is 0 Å². The van der Waals surface area contributed by atoms with Crippen molar-refractivity contribution < 1.29 is 23.7 Å². The minimum Gasteiger partial charge on any atom is -0.396 e. The molecule has 2 aliphatic rings. The first-order chi connectivity index (χ1) is 17.7. The maximum Gasteiger partial charge on any atom is 0.240 e. The number of H-pyrrole nitrogens is 1. The monoisotopic (exact) mass is 498 g/mol. The van der Waals surface area contributed by atoms with Crippen molar-refractivity contribution in [3.05, 3.63) is 48.2 Å². The number of benzene rings is 1. The lowest BCUT2D eigenvalue weighted by Gasteiger charge is -2.37. The number of hydrogen-bond acceptors (Lipinski definition) is 9. The van der Waals surface area contributed by atoms with E-state index in [1.54, 1.807) is 18.3 Å². The summed E-state index contributed by atoms with van der Waals surface area (Å²) in [6.07, 6.45) is 1.97. The molecule has 2 saturated heterocycles. The van der Waals surface area contributed by atoms with Crippen LogP contribution in [-0.2, 0) is 14.2 Å². The van der Waals surface area contributed by atoms with Gasteiger partial charge in [0.15, 0.2) is 5.82 Å². The fourth-order valence-corrected chi connectivity index (χ4v) is 4.30. The number of nitrogens with one attached hydrogen (secondary N) is 1. The van der Waals surface area contributed by atoms with Gasteiger partial charge >= 0.3 is 0 Å². The molecule has 4 heterocycles. The summed E-state index contributed by atoms with van der Waals surface area (Å²) in [5.41, 5.74) is 2.66. The number of aromatic amines is 1. The van der Waals surface area contributed by atoms with Crippen LogP contribution in [0.25, 0.3) is 22.6 Å². The Bertz CT molecular complexity index is 1130. The average molecular weight is 499 g/mol. The minimum absolute atomic E-state index is 0.00192. The van der Waals surface area contributed by atoms with Gasteiger partial charge in [0, 0.05) is 37.3 Å². The molecule has 2 fully saturated rings. The molecule has 2 aliphatic heterocycles. The molecule has 5 rings (SSSR count). The van der Waals surface area contributed by atoms with E-state index < -0.39 is 6.29 Å². The number of aliphatic hydroxyl groups is 1. The first-order valence-corrected chi connectivity index (χ1v) is 12.3. The van der Waals surface area contributed by atoms with Gasteiger partial charge in [-0.25, -0.2) is 24.4 Å². The minimum atomic E-state index is -0.702. The van der Waals surface area contributed by atoms with Crippen LogP contribution in [0.4, 0.5) is 10.3 Å². The van der Waals surface area contributed by atoms with Crippen LogP contribution in [-0.4, -0.2) is 82.7 Å². The highest BCUT2D eigenvalue weighted by molar-refractivity contribution is 5.77. The lowest BCUT2D eigenvalue weighted by molar-refractivity contribution is -0.213. The summed E-state index contributed by atoms with van der Waals surface area (Å²) >= 11 is 0. The summed E-state index contributed by atoms with van der Waals surface area (Å²) in [4.78, 5) is 17.6. The SMILES string of the molecule is CCCN(c1nccc(-c2[nH]c(C3OCC(CO)CO3)nc2-c2ccc(F)cc2)n1)N1CCOCC1. The van der Waals surface area contributed by atoms with Crippen molar-refractivity contribution in [2.75, 3.05) is 57.7 Å². The number of nitrogens with zero attached hydrogens (tertiary/aromatic N) is 5. The van der Waals surface area contributed by atoms with E-state index in [-0.39, 0.29) is 18.3 Å². The molecular formula is C25H31FN6O4. The molecule has 0 radical (unpaired) electrons. The zero-order chi connectivity index (χ0) is 24.9. The number of hydrogen-bond donors (Lipinski definition) is 2. The second-order valence-electron chi connectivity index (χ2n) is 8.83. The molecule has 10 nitrogen and oxygen atoms in total. The topological polar surface area (TPSA) is 109 Å². The van der Waals surface area contributed by atoms with Gasteiger partial charge in [0.25, 0.3) is 0 Å². The van der Waals surface area contributed by atoms with Crippen LogP contribution in [0.1, 0.15) is 25.5 Å². The van der Waals surface area contributed by atoms with E-state index >= 15 is 0 Å². The molecule has 0 amide bonds. The third-order valence-corrected chi connectivity index (χ3v) is 6.18. The average Bonchev–Trinajstić information content (AvgIpc) is 3.38. The van der Waals surface area contributed by atoms with E-state index in [1.807, 2.05) is 6.07 Å². The Morgan fingerprint density at radius 2 is 1.86 bits per heavy atom. The Balaban J connectivity index is 1.51. The number of aliphatic hydroxyl groups excluding tert-OH is 1. The van der Waals surface area contributed by atoms with Crippen LogP contribution in [0.2, 0.25) is 0 Å². The van der Waals surface area contributed by atoms with Crippen molar-refractivity contribution in [2.24, 2.45) is 5.92 Å². The summed E-state index contributed by atoms with van der Waals surface area (Å²) in [5, 5.41) is 13.7. The number of ether oxygens (including phenoxy) is 3. The smallest absolute Gasteiger partial charge is 0.240 e. The first kappa shape index (κ1) is 24.7. The Kier molecular flexibility index (Phi) is 7.83. The Morgan fingerprint density at radius 1 is 1.11 bits per heavy atom. The molecule has 2 aromatic heterocycles. The van der Waals surface area contributed by atoms with E-state index in [4.69, 9.17) is 24.2 Å². The van der Waals surface area contributed by atoms with Crippen LogP contribution < -0.4 is 5.01 Å². The Morgan fingerprint density at radius 3 is 2.56 bits per heavy atom. The van der Waals surface area contributed by atoms with Gasteiger partial charge in [0.1, 0.15) is 5.82 Å². The van der Waals surface area contributed by atoms with Gasteiger partial charge in [0.2, 0.25) is 12.2 Å². The standard InChI is InChI=1S/C25H31FN6O4/c1-2-9-32(31-10-12-34-13-11-31)25-27-8-7-20(28-25)22-21(18-3-5-19(26)6-4-18)29-23(30-22)24-35-15-17(14-33)16-36-24/h3-8,17,24,33H,2,9-16H2,1H3,(H,29,30). The summed E-state index contributed by atoms with van der Waals surface area (Å²) < 4.78 is 30.8. The van der Waals surface area contributed by atoms with Crippen molar-refractivity contribution in [3.63, 3.8) is 0 Å². The van der Waals surface area contributed by atoms with E-state index in [1.165, 1.54) is 12.1 Å². The van der Waals surface area contributed by atoms with Crippen molar-refractivity contribution in [3.8, 4) is 22.6 Å². The molecule has 0 atom stereocenters. The molecule has 0 unspecified atom stereocenters. The van der Waals surface area contributed by atoms with E-state index in [0.29, 0.717) is 55.3 Å². The maximum absolute atomic E-state index is 13.7. The van der Waals surface area contributed by atoms with Gasteiger partial charge < -0.3 is 24.3 Å². The van der Waals surface area contributed by atoms with Crippen molar-refractivity contribution in [2.45, 2.75) is 19.6 Å². The summed E-state index contributed by atoms with van der Waals surface area (Å²) in [6.45, 7) is 6.50. The van der Waals surface area contributed by atoms with Crippen molar-refractivity contribution in [1.82, 2.24) is 24.9 Å². The zero-order valence-electron chi connectivity index (χ0n) is 20.3.